The lowest BCUT2D eigenvalue weighted by Gasteiger charge is -2.30. The van der Waals surface area contributed by atoms with Crippen molar-refractivity contribution < 1.29 is 33.0 Å². The smallest absolute Gasteiger partial charge is 0.419 e. The maximum Gasteiger partial charge on any atom is 0.419 e. The summed E-state index contributed by atoms with van der Waals surface area (Å²) >= 11 is 0. The maximum atomic E-state index is 12.7. The van der Waals surface area contributed by atoms with Crippen LogP contribution in [0.4, 0.5) is 19.0 Å². The molecule has 2 aliphatic rings. The summed E-state index contributed by atoms with van der Waals surface area (Å²) in [5.41, 5.74) is -1.60. The Morgan fingerprint density at radius 1 is 1.24 bits per heavy atom. The zero-order chi connectivity index (χ0) is 21.7. The number of allylic oxidation sites excluding steroid dienone is 2. The van der Waals surface area contributed by atoms with Crippen LogP contribution >= 0.6 is 0 Å². The second-order valence-electron chi connectivity index (χ2n) is 6.86. The van der Waals surface area contributed by atoms with E-state index in [0.717, 1.165) is 6.07 Å². The van der Waals surface area contributed by atoms with Crippen LogP contribution in [0.2, 0.25) is 0 Å². The molecule has 3 N–H and O–H groups in total. The summed E-state index contributed by atoms with van der Waals surface area (Å²) in [6.45, 7) is 3.99. The van der Waals surface area contributed by atoms with Crippen molar-refractivity contribution >= 4 is 17.8 Å². The monoisotopic (exact) mass is 413 g/mol. The number of halogens is 3. The SMILES string of the molecule is C[C@]1(C(=O)O)C=CC=C(C(=O)O)C1.FC(F)(F)c1cccnc1N1CCNCC1. The van der Waals surface area contributed by atoms with Crippen molar-refractivity contribution in [1.29, 1.82) is 0 Å². The van der Waals surface area contributed by atoms with Gasteiger partial charge in [-0.15, -0.1) is 0 Å². The van der Waals surface area contributed by atoms with E-state index in [1.165, 1.54) is 37.4 Å². The summed E-state index contributed by atoms with van der Waals surface area (Å²) < 4.78 is 38.2. The van der Waals surface area contributed by atoms with Gasteiger partial charge < -0.3 is 20.4 Å². The molecule has 1 saturated heterocycles. The summed E-state index contributed by atoms with van der Waals surface area (Å²) in [6, 6.07) is 2.39. The first-order chi connectivity index (χ1) is 13.5. The van der Waals surface area contributed by atoms with Gasteiger partial charge in [0.25, 0.3) is 0 Å². The lowest BCUT2D eigenvalue weighted by Crippen LogP contribution is -2.44. The largest absolute Gasteiger partial charge is 0.481 e. The van der Waals surface area contributed by atoms with Crippen LogP contribution in [0.5, 0.6) is 0 Å². The molecule has 0 unspecified atom stereocenters. The van der Waals surface area contributed by atoms with Gasteiger partial charge in [0.1, 0.15) is 5.82 Å². The Labute approximate surface area is 165 Å². The van der Waals surface area contributed by atoms with Crippen LogP contribution in [-0.2, 0) is 15.8 Å². The number of nitrogens with one attached hydrogen (secondary N) is 1. The van der Waals surface area contributed by atoms with E-state index >= 15 is 0 Å². The minimum Gasteiger partial charge on any atom is -0.481 e. The Balaban J connectivity index is 0.000000212. The van der Waals surface area contributed by atoms with Crippen molar-refractivity contribution in [2.75, 3.05) is 31.1 Å². The molecule has 1 aromatic rings. The molecule has 1 aromatic heterocycles. The van der Waals surface area contributed by atoms with E-state index in [0.29, 0.717) is 26.2 Å². The molecule has 1 fully saturated rings. The van der Waals surface area contributed by atoms with Gasteiger partial charge in [-0.1, -0.05) is 18.2 Å². The summed E-state index contributed by atoms with van der Waals surface area (Å²) in [4.78, 5) is 26.9. The van der Waals surface area contributed by atoms with Crippen LogP contribution < -0.4 is 10.2 Å². The first kappa shape index (κ1) is 22.4. The highest BCUT2D eigenvalue weighted by molar-refractivity contribution is 5.90. The van der Waals surface area contributed by atoms with Gasteiger partial charge in [-0.3, -0.25) is 4.79 Å². The van der Waals surface area contributed by atoms with Gasteiger partial charge in [0.2, 0.25) is 0 Å². The van der Waals surface area contributed by atoms with Crippen molar-refractivity contribution in [2.45, 2.75) is 19.5 Å². The van der Waals surface area contributed by atoms with E-state index in [2.05, 4.69) is 10.3 Å². The third-order valence-corrected chi connectivity index (χ3v) is 4.59. The predicted octanol–water partition coefficient (Wildman–Crippen LogP) is 2.56. The van der Waals surface area contributed by atoms with E-state index in [1.807, 2.05) is 0 Å². The van der Waals surface area contributed by atoms with Crippen LogP contribution in [-0.4, -0.2) is 53.3 Å². The number of carboxylic acid groups (broad SMARTS) is 2. The average molecular weight is 413 g/mol. The quantitative estimate of drug-likeness (QED) is 0.700. The zero-order valence-electron chi connectivity index (χ0n) is 15.7. The van der Waals surface area contributed by atoms with Crippen LogP contribution in [0.1, 0.15) is 18.9 Å². The van der Waals surface area contributed by atoms with Crippen molar-refractivity contribution in [2.24, 2.45) is 5.41 Å². The van der Waals surface area contributed by atoms with Gasteiger partial charge in [0.15, 0.2) is 0 Å². The van der Waals surface area contributed by atoms with Gasteiger partial charge >= 0.3 is 18.1 Å². The van der Waals surface area contributed by atoms with Crippen molar-refractivity contribution in [3.63, 3.8) is 0 Å². The van der Waals surface area contributed by atoms with E-state index in [1.54, 1.807) is 4.90 Å². The topological polar surface area (TPSA) is 103 Å². The molecule has 0 amide bonds. The fourth-order valence-corrected chi connectivity index (χ4v) is 2.93. The predicted molar refractivity (Wildman–Crippen MR) is 99.5 cm³/mol. The summed E-state index contributed by atoms with van der Waals surface area (Å²) in [5.74, 6) is -2.02. The molecule has 2 heterocycles. The number of carboxylic acids is 2. The number of aliphatic carboxylic acids is 2. The highest BCUT2D eigenvalue weighted by atomic mass is 19.4. The van der Waals surface area contributed by atoms with E-state index in [-0.39, 0.29) is 17.8 Å². The number of hydrogen-bond donors (Lipinski definition) is 3. The number of carbonyl (C=O) groups is 2. The molecular weight excluding hydrogens is 391 g/mol. The van der Waals surface area contributed by atoms with E-state index < -0.39 is 29.1 Å². The highest BCUT2D eigenvalue weighted by Crippen LogP contribution is 2.35. The van der Waals surface area contributed by atoms with Crippen molar-refractivity contribution in [3.05, 3.63) is 47.7 Å². The molecule has 0 saturated carbocycles. The molecule has 0 radical (unpaired) electrons. The number of rotatable bonds is 3. The molecule has 3 rings (SSSR count). The van der Waals surface area contributed by atoms with Crippen LogP contribution in [0.15, 0.2) is 42.1 Å². The van der Waals surface area contributed by atoms with Crippen LogP contribution in [0, 0.1) is 5.41 Å². The Morgan fingerprint density at radius 3 is 2.45 bits per heavy atom. The van der Waals surface area contributed by atoms with Gasteiger partial charge in [0, 0.05) is 37.9 Å². The molecule has 10 heteroatoms. The molecular formula is C19H22F3N3O4. The fraction of sp³-hybridized carbons (Fsp3) is 0.421. The maximum absolute atomic E-state index is 12.7. The molecule has 1 aliphatic carbocycles. The lowest BCUT2D eigenvalue weighted by molar-refractivity contribution is -0.145. The first-order valence-corrected chi connectivity index (χ1v) is 8.87. The van der Waals surface area contributed by atoms with Crippen molar-refractivity contribution in [1.82, 2.24) is 10.3 Å². The average Bonchev–Trinajstić information content (AvgIpc) is 2.68. The van der Waals surface area contributed by atoms with Gasteiger partial charge in [-0.05, 0) is 25.5 Å². The highest BCUT2D eigenvalue weighted by Gasteiger charge is 2.36. The second kappa shape index (κ2) is 9.08. The van der Waals surface area contributed by atoms with Crippen LogP contribution in [0.25, 0.3) is 0 Å². The molecule has 0 bridgehead atoms. The van der Waals surface area contributed by atoms with E-state index in [4.69, 9.17) is 10.2 Å². The Kier molecular flexibility index (Phi) is 7.02. The standard InChI is InChI=1S/C10H12F3N3.C9H10O4/c11-10(12,13)8-2-1-3-15-9(8)16-6-4-14-5-7-16;1-9(8(12)13)4-2-3-6(5-9)7(10)11/h1-3,14H,4-7H2;2-4H,5H2,1H3,(H,10,11)(H,12,13)/t;9-/m.0/s1. The number of hydrogen-bond acceptors (Lipinski definition) is 5. The molecule has 158 valence electrons. The van der Waals surface area contributed by atoms with Gasteiger partial charge in [-0.2, -0.15) is 13.2 Å². The third-order valence-electron chi connectivity index (χ3n) is 4.59. The number of alkyl halides is 3. The number of pyridine rings is 1. The number of piperazine rings is 1. The Morgan fingerprint density at radius 2 is 1.90 bits per heavy atom. The molecule has 0 aromatic carbocycles. The Bertz CT molecular complexity index is 817. The van der Waals surface area contributed by atoms with Crippen LogP contribution in [0.3, 0.4) is 0 Å². The summed E-state index contributed by atoms with van der Waals surface area (Å²) in [6.07, 6.45) is 1.49. The first-order valence-electron chi connectivity index (χ1n) is 8.87. The van der Waals surface area contributed by atoms with Gasteiger partial charge in [-0.25, -0.2) is 9.78 Å². The Hall–Kier alpha value is -2.88. The minimum absolute atomic E-state index is 0.0359. The number of aromatic nitrogens is 1. The number of anilines is 1. The lowest BCUT2D eigenvalue weighted by atomic mass is 9.80. The number of nitrogens with zero attached hydrogens (tertiary/aromatic N) is 2. The summed E-state index contributed by atoms with van der Waals surface area (Å²) in [7, 11) is 0. The van der Waals surface area contributed by atoms with E-state index in [9.17, 15) is 22.8 Å². The minimum atomic E-state index is -4.34. The molecule has 1 atom stereocenters. The third kappa shape index (κ3) is 5.80. The fourth-order valence-electron chi connectivity index (χ4n) is 2.93. The molecule has 1 aliphatic heterocycles. The molecule has 29 heavy (non-hydrogen) atoms. The summed E-state index contributed by atoms with van der Waals surface area (Å²) in [5, 5.41) is 20.6. The van der Waals surface area contributed by atoms with Gasteiger partial charge in [0.05, 0.1) is 11.0 Å². The zero-order valence-corrected chi connectivity index (χ0v) is 15.7. The molecule has 7 nitrogen and oxygen atoms in total. The van der Waals surface area contributed by atoms with Crippen molar-refractivity contribution in [3.8, 4) is 0 Å². The normalized spacial score (nSPS) is 21.7. The second-order valence-corrected chi connectivity index (χ2v) is 6.86. The molecule has 0 spiro atoms.